The highest BCUT2D eigenvalue weighted by molar-refractivity contribution is 6.07. The molecule has 0 bridgehead atoms. The maximum atomic E-state index is 12.7. The molecule has 0 saturated carbocycles. The Morgan fingerprint density at radius 1 is 1.12 bits per heavy atom. The Balaban J connectivity index is 1.95. The van der Waals surface area contributed by atoms with Crippen molar-refractivity contribution in [1.29, 1.82) is 0 Å². The second kappa shape index (κ2) is 6.54. The third-order valence-corrected chi connectivity index (χ3v) is 3.59. The number of amides is 1. The normalized spacial score (nSPS) is 10.5. The van der Waals surface area contributed by atoms with E-state index in [2.05, 4.69) is 15.5 Å². The summed E-state index contributed by atoms with van der Waals surface area (Å²) in [6.45, 7) is 3.64. The zero-order valence-corrected chi connectivity index (χ0v) is 13.7. The minimum Gasteiger partial charge on any atom is -0.496 e. The largest absolute Gasteiger partial charge is 0.496 e. The number of aromatic nitrogens is 2. The van der Waals surface area contributed by atoms with E-state index < -0.39 is 0 Å². The molecule has 0 atom stereocenters. The molecule has 2 aromatic carbocycles. The lowest BCUT2D eigenvalue weighted by atomic mass is 10.1. The van der Waals surface area contributed by atoms with Gasteiger partial charge in [0.15, 0.2) is 5.82 Å². The van der Waals surface area contributed by atoms with Crippen LogP contribution in [0.4, 0.5) is 5.69 Å². The van der Waals surface area contributed by atoms with E-state index in [1.807, 2.05) is 37.3 Å². The van der Waals surface area contributed by atoms with Crippen molar-refractivity contribution >= 4 is 11.6 Å². The Kier molecular flexibility index (Phi) is 4.29. The summed E-state index contributed by atoms with van der Waals surface area (Å²) in [5, 5.41) is 6.68. The fourth-order valence-electron chi connectivity index (χ4n) is 2.48. The summed E-state index contributed by atoms with van der Waals surface area (Å²) in [6, 6.07) is 12.7. The van der Waals surface area contributed by atoms with Gasteiger partial charge in [-0.25, -0.2) is 0 Å². The lowest BCUT2D eigenvalue weighted by Gasteiger charge is -2.12. The lowest BCUT2D eigenvalue weighted by Crippen LogP contribution is -2.14. The molecule has 0 aliphatic carbocycles. The van der Waals surface area contributed by atoms with E-state index in [9.17, 15) is 4.79 Å². The highest BCUT2D eigenvalue weighted by atomic mass is 16.5. The number of methoxy groups -OCH3 is 1. The average Bonchev–Trinajstić information content (AvgIpc) is 3.01. The Morgan fingerprint density at radius 2 is 1.92 bits per heavy atom. The molecule has 1 N–H and O–H groups in total. The third kappa shape index (κ3) is 2.99. The predicted octanol–water partition coefficient (Wildman–Crippen LogP) is 3.61. The molecule has 0 aliphatic rings. The van der Waals surface area contributed by atoms with Crippen molar-refractivity contribution in [2.75, 3.05) is 12.4 Å². The number of anilines is 1. The van der Waals surface area contributed by atoms with Gasteiger partial charge in [0.1, 0.15) is 5.75 Å². The molecule has 3 aromatic rings. The van der Waals surface area contributed by atoms with Crippen molar-refractivity contribution in [3.05, 3.63) is 59.4 Å². The molecule has 1 aromatic heterocycles. The van der Waals surface area contributed by atoms with Gasteiger partial charge in [-0.05, 0) is 37.6 Å². The quantitative estimate of drug-likeness (QED) is 0.793. The van der Waals surface area contributed by atoms with Crippen LogP contribution in [-0.2, 0) is 0 Å². The van der Waals surface area contributed by atoms with Gasteiger partial charge in [0.05, 0.1) is 23.9 Å². The molecular weight excluding hydrogens is 306 g/mol. The zero-order chi connectivity index (χ0) is 17.1. The molecule has 122 valence electrons. The van der Waals surface area contributed by atoms with Crippen molar-refractivity contribution in [2.45, 2.75) is 13.8 Å². The van der Waals surface area contributed by atoms with Crippen LogP contribution in [0.3, 0.4) is 0 Å². The van der Waals surface area contributed by atoms with Gasteiger partial charge in [-0.1, -0.05) is 29.4 Å². The van der Waals surface area contributed by atoms with E-state index in [1.54, 1.807) is 26.2 Å². The summed E-state index contributed by atoms with van der Waals surface area (Å²) < 4.78 is 10.6. The second-order valence-corrected chi connectivity index (χ2v) is 5.30. The minimum absolute atomic E-state index is 0.265. The number of nitrogens with one attached hydrogen (secondary N) is 1. The van der Waals surface area contributed by atoms with E-state index in [4.69, 9.17) is 9.26 Å². The number of hydrogen-bond acceptors (Lipinski definition) is 5. The molecule has 0 saturated heterocycles. The van der Waals surface area contributed by atoms with Crippen molar-refractivity contribution < 1.29 is 14.1 Å². The first kappa shape index (κ1) is 15.7. The smallest absolute Gasteiger partial charge is 0.260 e. The average molecular weight is 323 g/mol. The topological polar surface area (TPSA) is 77.2 Å². The minimum atomic E-state index is -0.265. The van der Waals surface area contributed by atoms with E-state index >= 15 is 0 Å². The molecule has 1 amide bonds. The zero-order valence-electron chi connectivity index (χ0n) is 13.7. The first-order valence-corrected chi connectivity index (χ1v) is 7.45. The Bertz CT molecular complexity index is 887. The molecule has 24 heavy (non-hydrogen) atoms. The Hall–Kier alpha value is -3.15. The Labute approximate surface area is 139 Å². The summed E-state index contributed by atoms with van der Waals surface area (Å²) in [6.07, 6.45) is 0. The molecular formula is C18H17N3O3. The molecule has 6 nitrogen and oxygen atoms in total. The fraction of sp³-hybridized carbons (Fsp3) is 0.167. The van der Waals surface area contributed by atoms with Gasteiger partial charge in [-0.2, -0.15) is 4.98 Å². The molecule has 3 rings (SSSR count). The van der Waals surface area contributed by atoms with E-state index in [1.165, 1.54) is 0 Å². The van der Waals surface area contributed by atoms with Gasteiger partial charge >= 0.3 is 0 Å². The first-order valence-electron chi connectivity index (χ1n) is 7.45. The summed E-state index contributed by atoms with van der Waals surface area (Å²) >= 11 is 0. The van der Waals surface area contributed by atoms with Crippen LogP contribution < -0.4 is 10.1 Å². The standard InChI is InChI=1S/C18H17N3O3/c1-11-7-6-9-14(16(11)23-3)17(22)20-15-10-5-4-8-13(15)18-19-12(2)21-24-18/h4-10H,1-3H3,(H,20,22). The number of benzene rings is 2. The monoisotopic (exact) mass is 323 g/mol. The molecule has 0 unspecified atom stereocenters. The number of para-hydroxylation sites is 2. The summed E-state index contributed by atoms with van der Waals surface area (Å²) in [5.41, 5.74) is 2.62. The highest BCUT2D eigenvalue weighted by Crippen LogP contribution is 2.28. The third-order valence-electron chi connectivity index (χ3n) is 3.59. The maximum absolute atomic E-state index is 12.7. The van der Waals surface area contributed by atoms with Crippen molar-refractivity contribution in [3.63, 3.8) is 0 Å². The van der Waals surface area contributed by atoms with Crippen LogP contribution in [0.5, 0.6) is 5.75 Å². The van der Waals surface area contributed by atoms with Gasteiger partial charge in [-0.3, -0.25) is 4.79 Å². The number of aryl methyl sites for hydroxylation is 2. The lowest BCUT2D eigenvalue weighted by molar-refractivity contribution is 0.102. The maximum Gasteiger partial charge on any atom is 0.260 e. The second-order valence-electron chi connectivity index (χ2n) is 5.30. The molecule has 0 fully saturated rings. The summed E-state index contributed by atoms with van der Waals surface area (Å²) in [5.74, 6) is 1.19. The van der Waals surface area contributed by atoms with Gasteiger partial charge in [0.25, 0.3) is 11.8 Å². The number of ether oxygens (including phenoxy) is 1. The van der Waals surface area contributed by atoms with Crippen LogP contribution in [0.1, 0.15) is 21.7 Å². The highest BCUT2D eigenvalue weighted by Gasteiger charge is 2.17. The molecule has 0 spiro atoms. The van der Waals surface area contributed by atoms with Crippen LogP contribution in [0.15, 0.2) is 47.0 Å². The Morgan fingerprint density at radius 3 is 2.62 bits per heavy atom. The van der Waals surface area contributed by atoms with Crippen LogP contribution in [0, 0.1) is 13.8 Å². The fourth-order valence-corrected chi connectivity index (χ4v) is 2.48. The van der Waals surface area contributed by atoms with Crippen molar-refractivity contribution in [1.82, 2.24) is 10.1 Å². The van der Waals surface area contributed by atoms with E-state index in [0.29, 0.717) is 34.3 Å². The summed E-state index contributed by atoms with van der Waals surface area (Å²) in [4.78, 5) is 16.9. The van der Waals surface area contributed by atoms with E-state index in [-0.39, 0.29) is 5.91 Å². The molecule has 0 aliphatic heterocycles. The SMILES string of the molecule is COc1c(C)cccc1C(=O)Nc1ccccc1-c1nc(C)no1. The first-order chi connectivity index (χ1) is 11.6. The number of carbonyl (C=O) groups is 1. The van der Waals surface area contributed by atoms with Gasteiger partial charge in [0, 0.05) is 0 Å². The number of carbonyl (C=O) groups excluding carboxylic acids is 1. The van der Waals surface area contributed by atoms with Crippen LogP contribution >= 0.6 is 0 Å². The van der Waals surface area contributed by atoms with Crippen LogP contribution in [0.2, 0.25) is 0 Å². The van der Waals surface area contributed by atoms with Crippen LogP contribution in [0.25, 0.3) is 11.5 Å². The predicted molar refractivity (Wildman–Crippen MR) is 90.2 cm³/mol. The van der Waals surface area contributed by atoms with E-state index in [0.717, 1.165) is 5.56 Å². The number of rotatable bonds is 4. The molecule has 0 radical (unpaired) electrons. The number of nitrogens with zero attached hydrogens (tertiary/aromatic N) is 2. The molecule has 6 heteroatoms. The van der Waals surface area contributed by atoms with Gasteiger partial charge in [0.2, 0.25) is 0 Å². The van der Waals surface area contributed by atoms with Crippen molar-refractivity contribution in [2.24, 2.45) is 0 Å². The van der Waals surface area contributed by atoms with Gasteiger partial charge in [-0.15, -0.1) is 0 Å². The van der Waals surface area contributed by atoms with Crippen LogP contribution in [-0.4, -0.2) is 23.2 Å². The van der Waals surface area contributed by atoms with Gasteiger partial charge < -0.3 is 14.6 Å². The summed E-state index contributed by atoms with van der Waals surface area (Å²) in [7, 11) is 1.55. The molecule has 1 heterocycles. The number of hydrogen-bond donors (Lipinski definition) is 1. The van der Waals surface area contributed by atoms with Crippen molar-refractivity contribution in [3.8, 4) is 17.2 Å².